The van der Waals surface area contributed by atoms with Crippen molar-refractivity contribution in [3.63, 3.8) is 0 Å². The van der Waals surface area contributed by atoms with Gasteiger partial charge in [0.05, 0.1) is 6.61 Å². The molecule has 0 fully saturated rings. The molecule has 0 aliphatic rings. The zero-order valence-corrected chi connectivity index (χ0v) is 35.3. The van der Waals surface area contributed by atoms with Crippen LogP contribution in [-0.2, 0) is 23.9 Å². The minimum absolute atomic E-state index is 0.00757. The van der Waals surface area contributed by atoms with Crippen molar-refractivity contribution in [1.29, 1.82) is 0 Å². The first-order valence-electron chi connectivity index (χ1n) is 22.0. The van der Waals surface area contributed by atoms with Gasteiger partial charge in [-0.25, -0.2) is 0 Å². The van der Waals surface area contributed by atoms with Crippen LogP contribution in [0.2, 0.25) is 0 Å². The van der Waals surface area contributed by atoms with Crippen LogP contribution in [0.4, 0.5) is 0 Å². The fourth-order valence-electron chi connectivity index (χ4n) is 6.54. The van der Waals surface area contributed by atoms with Crippen molar-refractivity contribution in [1.82, 2.24) is 15.1 Å². The van der Waals surface area contributed by atoms with E-state index >= 15 is 0 Å². The van der Waals surface area contributed by atoms with Gasteiger partial charge in [-0.05, 0) is 89.0 Å². The Hall–Kier alpha value is -2.03. The molecule has 0 aromatic rings. The Morgan fingerprint density at radius 2 is 1.04 bits per heavy atom. The second kappa shape index (κ2) is 38.7. The SMILES string of the molecule is CCCCCCCCOC(=O)CCCCCCCN(CCCCCCCC(=O)OC(CCCCC)CCCCCC)CCCN/C(=N/OC)N(C)C. The summed E-state index contributed by atoms with van der Waals surface area (Å²) in [6.07, 6.45) is 31.2. The first-order chi connectivity index (χ1) is 25.4. The normalized spacial score (nSPS) is 12.2. The Balaban J connectivity index is 4.39. The van der Waals surface area contributed by atoms with E-state index in [2.05, 4.69) is 36.1 Å². The predicted molar refractivity (Wildman–Crippen MR) is 220 cm³/mol. The average molecular weight is 739 g/mol. The van der Waals surface area contributed by atoms with Crippen LogP contribution in [0.15, 0.2) is 5.16 Å². The summed E-state index contributed by atoms with van der Waals surface area (Å²) >= 11 is 0. The van der Waals surface area contributed by atoms with Gasteiger partial charge in [-0.1, -0.05) is 124 Å². The molecule has 0 aromatic heterocycles. The lowest BCUT2D eigenvalue weighted by molar-refractivity contribution is -0.150. The minimum atomic E-state index is -0.0270. The van der Waals surface area contributed by atoms with Crippen LogP contribution in [0.5, 0.6) is 0 Å². The van der Waals surface area contributed by atoms with Crippen molar-refractivity contribution in [3.05, 3.63) is 0 Å². The van der Waals surface area contributed by atoms with E-state index in [4.69, 9.17) is 14.3 Å². The van der Waals surface area contributed by atoms with Gasteiger partial charge in [0.15, 0.2) is 0 Å². The van der Waals surface area contributed by atoms with E-state index in [0.717, 1.165) is 96.3 Å². The zero-order chi connectivity index (χ0) is 38.3. The van der Waals surface area contributed by atoms with E-state index in [9.17, 15) is 9.59 Å². The van der Waals surface area contributed by atoms with Gasteiger partial charge >= 0.3 is 11.9 Å². The molecule has 1 N–H and O–H groups in total. The molecule has 0 rings (SSSR count). The molecule has 0 heterocycles. The van der Waals surface area contributed by atoms with Gasteiger partial charge < -0.3 is 29.4 Å². The Kier molecular flexibility index (Phi) is 37.2. The van der Waals surface area contributed by atoms with E-state index in [-0.39, 0.29) is 18.0 Å². The van der Waals surface area contributed by atoms with Gasteiger partial charge in [0, 0.05) is 33.5 Å². The summed E-state index contributed by atoms with van der Waals surface area (Å²) in [5.74, 6) is 0.720. The number of carbonyl (C=O) groups excluding carboxylic acids is 2. The molecule has 0 aliphatic heterocycles. The summed E-state index contributed by atoms with van der Waals surface area (Å²) in [5.41, 5.74) is 0. The predicted octanol–water partition coefficient (Wildman–Crippen LogP) is 10.8. The largest absolute Gasteiger partial charge is 0.466 e. The smallest absolute Gasteiger partial charge is 0.306 e. The van der Waals surface area contributed by atoms with Crippen LogP contribution in [0, 0.1) is 0 Å². The highest BCUT2D eigenvalue weighted by Gasteiger charge is 2.14. The van der Waals surface area contributed by atoms with E-state index in [0.29, 0.717) is 19.4 Å². The third-order valence-corrected chi connectivity index (χ3v) is 9.81. The zero-order valence-electron chi connectivity index (χ0n) is 35.3. The quantitative estimate of drug-likeness (QED) is 0.0220. The van der Waals surface area contributed by atoms with Crippen LogP contribution in [0.25, 0.3) is 0 Å². The molecule has 0 aromatic carbocycles. The molecule has 1 unspecified atom stereocenters. The summed E-state index contributed by atoms with van der Waals surface area (Å²) in [6.45, 7) is 11.4. The van der Waals surface area contributed by atoms with E-state index in [1.165, 1.54) is 103 Å². The molecule has 0 saturated heterocycles. The van der Waals surface area contributed by atoms with Crippen molar-refractivity contribution in [2.24, 2.45) is 5.16 Å². The second-order valence-corrected chi connectivity index (χ2v) is 15.1. The lowest BCUT2D eigenvalue weighted by atomic mass is 10.0. The number of unbranched alkanes of at least 4 members (excludes halogenated alkanes) is 18. The van der Waals surface area contributed by atoms with Gasteiger partial charge in [-0.3, -0.25) is 9.59 Å². The highest BCUT2D eigenvalue weighted by atomic mass is 16.6. The van der Waals surface area contributed by atoms with Crippen molar-refractivity contribution in [2.45, 2.75) is 207 Å². The van der Waals surface area contributed by atoms with Crippen LogP contribution < -0.4 is 5.32 Å². The average Bonchev–Trinajstić information content (AvgIpc) is 3.12. The lowest BCUT2D eigenvalue weighted by Gasteiger charge is -2.23. The molecule has 52 heavy (non-hydrogen) atoms. The molecule has 9 nitrogen and oxygen atoms in total. The van der Waals surface area contributed by atoms with Crippen LogP contribution in [0.1, 0.15) is 201 Å². The lowest BCUT2D eigenvalue weighted by Crippen LogP contribution is -2.38. The number of nitrogens with zero attached hydrogens (tertiary/aromatic N) is 3. The maximum absolute atomic E-state index is 12.6. The number of esters is 2. The summed E-state index contributed by atoms with van der Waals surface area (Å²) in [5, 5.41) is 7.46. The van der Waals surface area contributed by atoms with Gasteiger partial charge in [0.2, 0.25) is 5.96 Å². The summed E-state index contributed by atoms with van der Waals surface area (Å²) in [4.78, 5) is 34.2. The first-order valence-corrected chi connectivity index (χ1v) is 22.0. The molecule has 0 radical (unpaired) electrons. The third-order valence-electron chi connectivity index (χ3n) is 9.81. The van der Waals surface area contributed by atoms with Crippen LogP contribution in [0.3, 0.4) is 0 Å². The van der Waals surface area contributed by atoms with Gasteiger partial charge in [-0.15, -0.1) is 0 Å². The molecular weight excluding hydrogens is 652 g/mol. The number of hydrogen-bond donors (Lipinski definition) is 1. The highest BCUT2D eigenvalue weighted by Crippen LogP contribution is 2.17. The molecule has 308 valence electrons. The van der Waals surface area contributed by atoms with Gasteiger partial charge in [0.25, 0.3) is 0 Å². The first kappa shape index (κ1) is 50.0. The standard InChI is InChI=1S/C43H86N4O5/c1-7-10-13-15-22-29-39-51-41(48)33-25-18-16-20-27-36-47(38-30-35-44-43(45-50-6)46(4)5)37-28-21-17-19-26-34-42(49)52-40(31-23-12-9-3)32-24-14-11-8-2/h40H,7-39H2,1-6H3,(H,44,45). The highest BCUT2D eigenvalue weighted by molar-refractivity contribution is 5.78. The summed E-state index contributed by atoms with van der Waals surface area (Å²) in [7, 11) is 5.49. The van der Waals surface area contributed by atoms with Crippen molar-refractivity contribution in [2.75, 3.05) is 54.0 Å². The van der Waals surface area contributed by atoms with E-state index in [1.54, 1.807) is 7.11 Å². The van der Waals surface area contributed by atoms with Crippen LogP contribution >= 0.6 is 0 Å². The maximum atomic E-state index is 12.6. The molecular formula is C43H86N4O5. The summed E-state index contributed by atoms with van der Waals surface area (Å²) in [6, 6.07) is 0. The number of guanidine groups is 1. The maximum Gasteiger partial charge on any atom is 0.306 e. The molecule has 0 bridgehead atoms. The third kappa shape index (κ3) is 33.8. The molecule has 9 heteroatoms. The number of hydrogen-bond acceptors (Lipinski definition) is 7. The number of ether oxygens (including phenoxy) is 2. The van der Waals surface area contributed by atoms with Crippen molar-refractivity contribution < 1.29 is 23.9 Å². The van der Waals surface area contributed by atoms with Gasteiger partial charge in [0.1, 0.15) is 13.2 Å². The van der Waals surface area contributed by atoms with E-state index in [1.807, 2.05) is 19.0 Å². The fraction of sp³-hybridized carbons (Fsp3) is 0.930. The fourth-order valence-corrected chi connectivity index (χ4v) is 6.54. The minimum Gasteiger partial charge on any atom is -0.466 e. The Morgan fingerprint density at radius 3 is 1.62 bits per heavy atom. The number of nitrogens with one attached hydrogen (secondary N) is 1. The summed E-state index contributed by atoms with van der Waals surface area (Å²) < 4.78 is 11.4. The van der Waals surface area contributed by atoms with E-state index < -0.39 is 0 Å². The van der Waals surface area contributed by atoms with Gasteiger partial charge in [-0.2, -0.15) is 0 Å². The monoisotopic (exact) mass is 739 g/mol. The second-order valence-electron chi connectivity index (χ2n) is 15.1. The number of rotatable bonds is 38. The topological polar surface area (TPSA) is 92.7 Å². The van der Waals surface area contributed by atoms with Crippen LogP contribution in [-0.4, -0.2) is 87.8 Å². The molecule has 0 amide bonds. The van der Waals surface area contributed by atoms with Crippen molar-refractivity contribution in [3.8, 4) is 0 Å². The molecule has 1 atom stereocenters. The van der Waals surface area contributed by atoms with Crippen molar-refractivity contribution >= 4 is 17.9 Å². The Bertz CT molecular complexity index is 825. The molecule has 0 spiro atoms. The Morgan fingerprint density at radius 1 is 0.577 bits per heavy atom. The molecule has 0 saturated carbocycles. The number of oxime groups is 1. The Labute approximate surface area is 322 Å². The molecule has 0 aliphatic carbocycles. The number of carbonyl (C=O) groups is 2.